The van der Waals surface area contributed by atoms with Crippen LogP contribution in [0.25, 0.3) is 50.4 Å². The minimum Gasteiger partial charge on any atom is -0.292 e. The second kappa shape index (κ2) is 10.4. The Morgan fingerprint density at radius 2 is 1.00 bits per heavy atom. The van der Waals surface area contributed by atoms with Crippen LogP contribution < -0.4 is 0 Å². The number of hydrogen-bond donors (Lipinski definition) is 0. The fourth-order valence-corrected chi connectivity index (χ4v) is 5.54. The summed E-state index contributed by atoms with van der Waals surface area (Å²) >= 11 is 0. The molecule has 5 aromatic carbocycles. The fraction of sp³-hybridized carbons (Fsp3) is 0.162. The van der Waals surface area contributed by atoms with E-state index in [4.69, 9.17) is 4.98 Å². The summed E-state index contributed by atoms with van der Waals surface area (Å²) in [4.78, 5) is 5.21. The van der Waals surface area contributed by atoms with E-state index in [9.17, 15) is 0 Å². The summed E-state index contributed by atoms with van der Waals surface area (Å²) in [5.74, 6) is 1.76. The topological polar surface area (TPSA) is 17.8 Å². The van der Waals surface area contributed by atoms with Crippen molar-refractivity contribution >= 4 is 11.0 Å². The first-order valence-electron chi connectivity index (χ1n) is 13.9. The molecule has 0 N–H and O–H groups in total. The summed E-state index contributed by atoms with van der Waals surface area (Å²) in [7, 11) is 0. The van der Waals surface area contributed by atoms with Crippen molar-refractivity contribution in [1.29, 1.82) is 0 Å². The Labute approximate surface area is 231 Å². The summed E-state index contributed by atoms with van der Waals surface area (Å²) in [6.07, 6.45) is 0. The van der Waals surface area contributed by atoms with Crippen molar-refractivity contribution in [1.82, 2.24) is 9.55 Å². The number of rotatable bonds is 6. The highest BCUT2D eigenvalue weighted by atomic mass is 15.1. The molecule has 39 heavy (non-hydrogen) atoms. The van der Waals surface area contributed by atoms with Crippen LogP contribution in [0, 0.1) is 0 Å². The van der Waals surface area contributed by atoms with Gasteiger partial charge < -0.3 is 0 Å². The minimum absolute atomic E-state index is 0.391. The van der Waals surface area contributed by atoms with Crippen LogP contribution in [-0.2, 0) is 0 Å². The molecule has 0 bridgehead atoms. The molecule has 0 atom stereocenters. The Bertz CT molecular complexity index is 1710. The largest absolute Gasteiger partial charge is 0.292 e. The van der Waals surface area contributed by atoms with Crippen molar-refractivity contribution in [2.75, 3.05) is 0 Å². The Morgan fingerprint density at radius 1 is 0.487 bits per heavy atom. The van der Waals surface area contributed by atoms with Gasteiger partial charge in [0.2, 0.25) is 0 Å². The molecule has 0 spiro atoms. The van der Waals surface area contributed by atoms with E-state index in [1.165, 1.54) is 39.1 Å². The molecule has 6 aromatic rings. The molecule has 0 saturated heterocycles. The summed E-state index contributed by atoms with van der Waals surface area (Å²) in [6.45, 7) is 9.12. The number of fused-ring (bicyclic) bond motifs is 1. The van der Waals surface area contributed by atoms with Gasteiger partial charge >= 0.3 is 0 Å². The van der Waals surface area contributed by atoms with Crippen molar-refractivity contribution in [3.05, 3.63) is 132 Å². The van der Waals surface area contributed by atoms with Crippen LogP contribution in [-0.4, -0.2) is 9.55 Å². The maximum atomic E-state index is 5.21. The van der Waals surface area contributed by atoms with Crippen LogP contribution in [0.2, 0.25) is 0 Å². The fourth-order valence-electron chi connectivity index (χ4n) is 5.54. The lowest BCUT2D eigenvalue weighted by Crippen LogP contribution is -2.08. The molecule has 0 radical (unpaired) electrons. The van der Waals surface area contributed by atoms with E-state index in [2.05, 4.69) is 154 Å². The van der Waals surface area contributed by atoms with Crippen molar-refractivity contribution in [2.45, 2.75) is 39.5 Å². The van der Waals surface area contributed by atoms with Crippen LogP contribution in [0.4, 0.5) is 0 Å². The summed E-state index contributed by atoms with van der Waals surface area (Å²) < 4.78 is 2.40. The molecule has 0 saturated carbocycles. The number of nitrogens with zero attached hydrogens (tertiary/aromatic N) is 2. The highest BCUT2D eigenvalue weighted by molar-refractivity contribution is 5.85. The van der Waals surface area contributed by atoms with E-state index in [0.717, 1.165) is 22.4 Å². The summed E-state index contributed by atoms with van der Waals surface area (Å²) in [6, 6.07) is 43.4. The molecule has 0 aliphatic rings. The molecule has 0 aliphatic carbocycles. The van der Waals surface area contributed by atoms with Gasteiger partial charge in [0.15, 0.2) is 0 Å². The Kier molecular flexibility index (Phi) is 6.62. The van der Waals surface area contributed by atoms with Gasteiger partial charge in [-0.05, 0) is 63.4 Å². The summed E-state index contributed by atoms with van der Waals surface area (Å²) in [5.41, 5.74) is 12.1. The van der Waals surface area contributed by atoms with Crippen LogP contribution in [0.5, 0.6) is 0 Å². The van der Waals surface area contributed by atoms with E-state index in [1.54, 1.807) is 0 Å². The van der Waals surface area contributed by atoms with Crippen LogP contribution >= 0.6 is 0 Å². The minimum atomic E-state index is 0.391. The van der Waals surface area contributed by atoms with Crippen molar-refractivity contribution in [2.24, 2.45) is 0 Å². The average Bonchev–Trinajstić information content (AvgIpc) is 3.37. The lowest BCUT2D eigenvalue weighted by molar-refractivity contribution is 0.811. The molecule has 1 aromatic heterocycles. The van der Waals surface area contributed by atoms with Crippen molar-refractivity contribution in [3.8, 4) is 39.3 Å². The van der Waals surface area contributed by atoms with E-state index in [-0.39, 0.29) is 0 Å². The van der Waals surface area contributed by atoms with Gasteiger partial charge in [-0.3, -0.25) is 4.57 Å². The molecule has 6 rings (SSSR count). The molecular formula is C37H34N2. The van der Waals surface area contributed by atoms with Crippen LogP contribution in [0.1, 0.15) is 50.7 Å². The monoisotopic (exact) mass is 506 g/mol. The molecule has 2 nitrogen and oxygen atoms in total. The standard InChI is InChI=1S/C37H34N2/c1-25(2)32-16-11-17-33(26(3)4)36(32)39-35-19-9-8-18-34(35)38-37(39)31-15-10-14-30(24-31)29-22-20-28(21-23-29)27-12-6-5-7-13-27/h5-26H,1-4H3. The van der Waals surface area contributed by atoms with Crippen molar-refractivity contribution < 1.29 is 0 Å². The predicted octanol–water partition coefficient (Wildman–Crippen LogP) is 10.3. The molecule has 0 amide bonds. The average molecular weight is 507 g/mol. The molecule has 192 valence electrons. The van der Waals surface area contributed by atoms with E-state index in [0.29, 0.717) is 11.8 Å². The Morgan fingerprint density at radius 3 is 1.67 bits per heavy atom. The highest BCUT2D eigenvalue weighted by Gasteiger charge is 2.22. The zero-order chi connectivity index (χ0) is 26.9. The number of aromatic nitrogens is 2. The first-order valence-corrected chi connectivity index (χ1v) is 13.9. The van der Waals surface area contributed by atoms with Gasteiger partial charge in [-0.1, -0.05) is 131 Å². The van der Waals surface area contributed by atoms with Gasteiger partial charge in [0, 0.05) is 5.56 Å². The first kappa shape index (κ1) is 24.9. The molecule has 0 unspecified atom stereocenters. The molecular weight excluding hydrogens is 472 g/mol. The highest BCUT2D eigenvalue weighted by Crippen LogP contribution is 2.38. The second-order valence-corrected chi connectivity index (χ2v) is 10.9. The zero-order valence-electron chi connectivity index (χ0n) is 23.1. The molecule has 1 heterocycles. The molecule has 2 heteroatoms. The SMILES string of the molecule is CC(C)c1cccc(C(C)C)c1-n1c(-c2cccc(-c3ccc(-c4ccccc4)cc3)c2)nc2ccccc21. The summed E-state index contributed by atoms with van der Waals surface area (Å²) in [5, 5.41) is 0. The number of benzene rings is 5. The van der Waals surface area contributed by atoms with Gasteiger partial charge in [0.25, 0.3) is 0 Å². The van der Waals surface area contributed by atoms with Crippen LogP contribution in [0.3, 0.4) is 0 Å². The smallest absolute Gasteiger partial charge is 0.145 e. The van der Waals surface area contributed by atoms with Gasteiger partial charge in [-0.15, -0.1) is 0 Å². The third-order valence-electron chi connectivity index (χ3n) is 7.57. The maximum absolute atomic E-state index is 5.21. The van der Waals surface area contributed by atoms with E-state index in [1.807, 2.05) is 0 Å². The van der Waals surface area contributed by atoms with Gasteiger partial charge in [0.1, 0.15) is 5.82 Å². The van der Waals surface area contributed by atoms with Gasteiger partial charge in [-0.2, -0.15) is 0 Å². The first-order chi connectivity index (χ1) is 19.0. The number of imidazole rings is 1. The number of para-hydroxylation sites is 3. The lowest BCUT2D eigenvalue weighted by atomic mass is 9.92. The second-order valence-electron chi connectivity index (χ2n) is 10.9. The third-order valence-corrected chi connectivity index (χ3v) is 7.57. The van der Waals surface area contributed by atoms with Crippen molar-refractivity contribution in [3.63, 3.8) is 0 Å². The normalized spacial score (nSPS) is 11.5. The van der Waals surface area contributed by atoms with E-state index < -0.39 is 0 Å². The van der Waals surface area contributed by atoms with Gasteiger partial charge in [-0.25, -0.2) is 4.98 Å². The molecule has 0 fully saturated rings. The molecule has 0 aliphatic heterocycles. The third kappa shape index (κ3) is 4.68. The Hall–Kier alpha value is -4.43. The van der Waals surface area contributed by atoms with E-state index >= 15 is 0 Å². The quantitative estimate of drug-likeness (QED) is 0.220. The zero-order valence-corrected chi connectivity index (χ0v) is 23.1. The predicted molar refractivity (Wildman–Crippen MR) is 166 cm³/mol. The van der Waals surface area contributed by atoms with Crippen LogP contribution in [0.15, 0.2) is 121 Å². The Balaban J connectivity index is 1.52. The van der Waals surface area contributed by atoms with Gasteiger partial charge in [0.05, 0.1) is 16.7 Å². The number of hydrogen-bond acceptors (Lipinski definition) is 1. The maximum Gasteiger partial charge on any atom is 0.145 e. The lowest BCUT2D eigenvalue weighted by Gasteiger charge is -2.22.